The summed E-state index contributed by atoms with van der Waals surface area (Å²) in [7, 11) is 1.88. The van der Waals surface area contributed by atoms with Gasteiger partial charge in [0, 0.05) is 13.2 Å². The molecule has 0 bridgehead atoms. The van der Waals surface area contributed by atoms with E-state index in [-0.39, 0.29) is 0 Å². The minimum absolute atomic E-state index is 0.318. The first kappa shape index (κ1) is 13.3. The summed E-state index contributed by atoms with van der Waals surface area (Å²) in [6.07, 6.45) is 1.92. The van der Waals surface area contributed by atoms with Crippen LogP contribution >= 0.6 is 22.6 Å². The van der Waals surface area contributed by atoms with E-state index in [0.717, 1.165) is 20.5 Å². The number of halogens is 1. The third kappa shape index (κ3) is 2.33. The van der Waals surface area contributed by atoms with Crippen LogP contribution in [0.1, 0.15) is 31.2 Å². The highest BCUT2D eigenvalue weighted by Crippen LogP contribution is 2.27. The monoisotopic (exact) mass is 357 g/mol. The fraction of sp³-hybridized carbons (Fsp3) is 0.417. The summed E-state index contributed by atoms with van der Waals surface area (Å²) in [6.45, 7) is 6.15. The molecule has 0 fully saturated rings. The van der Waals surface area contributed by atoms with Gasteiger partial charge in [0.15, 0.2) is 5.82 Å². The summed E-state index contributed by atoms with van der Waals surface area (Å²) in [5, 5.41) is 4.31. The van der Waals surface area contributed by atoms with Gasteiger partial charge in [0.05, 0.1) is 20.5 Å². The second-order valence-electron chi connectivity index (χ2n) is 4.59. The molecule has 0 atom stereocenters. The third-order valence-electron chi connectivity index (χ3n) is 2.70. The first-order chi connectivity index (χ1) is 8.40. The molecule has 0 saturated carbocycles. The zero-order valence-corrected chi connectivity index (χ0v) is 13.1. The molecular formula is C12H16IN5. The molecule has 18 heavy (non-hydrogen) atoms. The van der Waals surface area contributed by atoms with Crippen LogP contribution in [-0.4, -0.2) is 19.7 Å². The predicted octanol–water partition coefficient (Wildman–Crippen LogP) is 2.50. The Balaban J connectivity index is 2.62. The van der Waals surface area contributed by atoms with E-state index in [1.54, 1.807) is 4.68 Å². The van der Waals surface area contributed by atoms with Crippen molar-refractivity contribution < 1.29 is 0 Å². The Bertz CT molecular complexity index is 588. The largest absolute Gasteiger partial charge is 0.383 e. The van der Waals surface area contributed by atoms with Gasteiger partial charge in [-0.1, -0.05) is 13.8 Å². The maximum Gasteiger partial charge on any atom is 0.165 e. The molecule has 0 spiro atoms. The fourth-order valence-corrected chi connectivity index (χ4v) is 2.67. The van der Waals surface area contributed by atoms with Crippen LogP contribution in [0.2, 0.25) is 0 Å². The number of anilines is 1. The van der Waals surface area contributed by atoms with Crippen LogP contribution in [-0.2, 0) is 7.05 Å². The summed E-state index contributed by atoms with van der Waals surface area (Å²) in [5.41, 5.74) is 8.80. The molecule has 6 heteroatoms. The van der Waals surface area contributed by atoms with Gasteiger partial charge in [-0.3, -0.25) is 4.68 Å². The van der Waals surface area contributed by atoms with E-state index in [1.165, 1.54) is 0 Å². The van der Waals surface area contributed by atoms with Gasteiger partial charge in [-0.15, -0.1) is 0 Å². The van der Waals surface area contributed by atoms with Crippen molar-refractivity contribution in [2.24, 2.45) is 7.05 Å². The van der Waals surface area contributed by atoms with E-state index < -0.39 is 0 Å². The number of hydrogen-bond donors (Lipinski definition) is 1. The minimum Gasteiger partial charge on any atom is -0.383 e. The number of hydrogen-bond acceptors (Lipinski definition) is 4. The smallest absolute Gasteiger partial charge is 0.165 e. The van der Waals surface area contributed by atoms with Crippen LogP contribution < -0.4 is 5.73 Å². The average molecular weight is 357 g/mol. The maximum absolute atomic E-state index is 5.97. The lowest BCUT2D eigenvalue weighted by Gasteiger charge is -2.11. The van der Waals surface area contributed by atoms with Crippen LogP contribution in [0.5, 0.6) is 0 Å². The first-order valence-corrected chi connectivity index (χ1v) is 6.81. The van der Waals surface area contributed by atoms with Crippen LogP contribution in [0.15, 0.2) is 6.20 Å². The van der Waals surface area contributed by atoms with Gasteiger partial charge < -0.3 is 5.73 Å². The van der Waals surface area contributed by atoms with E-state index in [0.29, 0.717) is 17.6 Å². The van der Waals surface area contributed by atoms with E-state index >= 15 is 0 Å². The maximum atomic E-state index is 5.97. The lowest BCUT2D eigenvalue weighted by atomic mass is 10.1. The summed E-state index contributed by atoms with van der Waals surface area (Å²) in [6, 6.07) is 0. The van der Waals surface area contributed by atoms with Crippen molar-refractivity contribution >= 4 is 28.4 Å². The van der Waals surface area contributed by atoms with Gasteiger partial charge in [0.1, 0.15) is 5.82 Å². The van der Waals surface area contributed by atoms with Crippen molar-refractivity contribution in [3.8, 4) is 11.4 Å². The van der Waals surface area contributed by atoms with Gasteiger partial charge in [0.25, 0.3) is 0 Å². The van der Waals surface area contributed by atoms with Crippen LogP contribution in [0.3, 0.4) is 0 Å². The van der Waals surface area contributed by atoms with E-state index in [9.17, 15) is 0 Å². The molecule has 0 amide bonds. The van der Waals surface area contributed by atoms with Gasteiger partial charge in [-0.2, -0.15) is 5.10 Å². The third-order valence-corrected chi connectivity index (χ3v) is 3.81. The normalized spacial score (nSPS) is 11.2. The Morgan fingerprint density at radius 3 is 2.50 bits per heavy atom. The van der Waals surface area contributed by atoms with Gasteiger partial charge in [-0.05, 0) is 35.4 Å². The lowest BCUT2D eigenvalue weighted by Crippen LogP contribution is -2.06. The number of nitrogens with zero attached hydrogens (tertiary/aromatic N) is 4. The van der Waals surface area contributed by atoms with Crippen molar-refractivity contribution in [3.05, 3.63) is 21.2 Å². The number of nitrogens with two attached hydrogens (primary N) is 1. The molecule has 0 unspecified atom stereocenters. The van der Waals surface area contributed by atoms with E-state index in [4.69, 9.17) is 5.73 Å². The molecule has 0 aromatic carbocycles. The van der Waals surface area contributed by atoms with Gasteiger partial charge >= 0.3 is 0 Å². The van der Waals surface area contributed by atoms with Crippen molar-refractivity contribution in [2.45, 2.75) is 26.7 Å². The SMILES string of the molecule is Cc1nn(C)cc1-c1nc(N)c(I)c(C(C)C)n1. The second-order valence-corrected chi connectivity index (χ2v) is 5.67. The molecule has 2 heterocycles. The highest BCUT2D eigenvalue weighted by atomic mass is 127. The molecule has 2 rings (SSSR count). The number of aromatic nitrogens is 4. The van der Waals surface area contributed by atoms with Crippen molar-refractivity contribution in [3.63, 3.8) is 0 Å². The minimum atomic E-state index is 0.318. The van der Waals surface area contributed by atoms with E-state index in [2.05, 4.69) is 51.5 Å². The van der Waals surface area contributed by atoms with Crippen molar-refractivity contribution in [1.82, 2.24) is 19.7 Å². The molecule has 2 N–H and O–H groups in total. The van der Waals surface area contributed by atoms with Crippen molar-refractivity contribution in [1.29, 1.82) is 0 Å². The molecule has 2 aromatic rings. The molecule has 0 aliphatic rings. The molecule has 0 aliphatic carbocycles. The van der Waals surface area contributed by atoms with Crippen molar-refractivity contribution in [2.75, 3.05) is 5.73 Å². The molecular weight excluding hydrogens is 341 g/mol. The Labute approximate surface area is 120 Å². The zero-order valence-electron chi connectivity index (χ0n) is 10.9. The Kier molecular flexibility index (Phi) is 3.56. The number of aryl methyl sites for hydroxylation is 2. The predicted molar refractivity (Wildman–Crippen MR) is 80.2 cm³/mol. The van der Waals surface area contributed by atoms with Gasteiger partial charge in [-0.25, -0.2) is 9.97 Å². The van der Waals surface area contributed by atoms with E-state index in [1.807, 2.05) is 20.2 Å². The number of nitrogen functional groups attached to an aromatic ring is 1. The van der Waals surface area contributed by atoms with Crippen LogP contribution in [0.25, 0.3) is 11.4 Å². The molecule has 96 valence electrons. The first-order valence-electron chi connectivity index (χ1n) is 5.73. The Morgan fingerprint density at radius 2 is 2.00 bits per heavy atom. The second kappa shape index (κ2) is 4.83. The highest BCUT2D eigenvalue weighted by molar-refractivity contribution is 14.1. The standard InChI is InChI=1S/C12H16IN5/c1-6(2)10-9(13)11(14)16-12(15-10)8-5-18(4)17-7(8)3/h5-6H,1-4H3,(H2,14,15,16). The molecule has 0 saturated heterocycles. The summed E-state index contributed by atoms with van der Waals surface area (Å²) in [5.74, 6) is 1.51. The summed E-state index contributed by atoms with van der Waals surface area (Å²) >= 11 is 2.20. The molecule has 0 aliphatic heterocycles. The lowest BCUT2D eigenvalue weighted by molar-refractivity contribution is 0.756. The molecule has 0 radical (unpaired) electrons. The summed E-state index contributed by atoms with van der Waals surface area (Å²) in [4.78, 5) is 8.99. The topological polar surface area (TPSA) is 69.6 Å². The molecule has 2 aromatic heterocycles. The van der Waals surface area contributed by atoms with Crippen LogP contribution in [0, 0.1) is 10.5 Å². The molecule has 5 nitrogen and oxygen atoms in total. The Morgan fingerprint density at radius 1 is 1.33 bits per heavy atom. The highest BCUT2D eigenvalue weighted by Gasteiger charge is 2.16. The Hall–Kier alpha value is -1.18. The fourth-order valence-electron chi connectivity index (χ4n) is 1.80. The van der Waals surface area contributed by atoms with Gasteiger partial charge in [0.2, 0.25) is 0 Å². The van der Waals surface area contributed by atoms with Crippen LogP contribution in [0.4, 0.5) is 5.82 Å². The summed E-state index contributed by atoms with van der Waals surface area (Å²) < 4.78 is 2.70. The average Bonchev–Trinajstić information content (AvgIpc) is 2.61. The zero-order chi connectivity index (χ0) is 13.4. The number of rotatable bonds is 2. The quantitative estimate of drug-likeness (QED) is 0.839.